The molecule has 0 aliphatic carbocycles. The molecule has 0 bridgehead atoms. The molecule has 0 saturated carbocycles. The first-order valence-corrected chi connectivity index (χ1v) is 8.70. The molecule has 0 saturated heterocycles. The van der Waals surface area contributed by atoms with Gasteiger partial charge in [0, 0.05) is 28.8 Å². The molecule has 1 N–H and O–H groups in total. The van der Waals surface area contributed by atoms with E-state index in [9.17, 15) is 4.79 Å². The number of ether oxygens (including phenoxy) is 1. The van der Waals surface area contributed by atoms with Crippen LogP contribution in [0.25, 0.3) is 11.1 Å². The van der Waals surface area contributed by atoms with E-state index in [1.165, 1.54) is 0 Å². The lowest BCUT2D eigenvalue weighted by Gasteiger charge is -2.15. The summed E-state index contributed by atoms with van der Waals surface area (Å²) in [5.41, 5.74) is 3.29. The fourth-order valence-electron chi connectivity index (χ4n) is 2.62. The van der Waals surface area contributed by atoms with Gasteiger partial charge in [0.25, 0.3) is 5.91 Å². The molecule has 1 unspecified atom stereocenters. The first-order chi connectivity index (χ1) is 11.9. The van der Waals surface area contributed by atoms with Crippen LogP contribution in [0.3, 0.4) is 0 Å². The predicted octanol–water partition coefficient (Wildman–Crippen LogP) is 5.50. The van der Waals surface area contributed by atoms with Gasteiger partial charge in [-0.05, 0) is 60.4 Å². The van der Waals surface area contributed by atoms with E-state index in [1.807, 2.05) is 31.2 Å². The molecule has 5 heteroatoms. The molecule has 0 fully saturated rings. The van der Waals surface area contributed by atoms with Crippen molar-refractivity contribution in [1.82, 2.24) is 5.32 Å². The van der Waals surface area contributed by atoms with Gasteiger partial charge in [0.2, 0.25) is 0 Å². The van der Waals surface area contributed by atoms with Gasteiger partial charge in [0.15, 0.2) is 0 Å². The summed E-state index contributed by atoms with van der Waals surface area (Å²) in [5, 5.41) is 4.07. The lowest BCUT2D eigenvalue weighted by atomic mass is 9.97. The van der Waals surface area contributed by atoms with Gasteiger partial charge < -0.3 is 10.1 Å². The summed E-state index contributed by atoms with van der Waals surface area (Å²) >= 11 is 12.2. The molecule has 2 rings (SSSR count). The van der Waals surface area contributed by atoms with Crippen LogP contribution in [0.15, 0.2) is 49.1 Å². The summed E-state index contributed by atoms with van der Waals surface area (Å²) in [7, 11) is 1.62. The molecule has 0 spiro atoms. The molecule has 0 aliphatic heterocycles. The van der Waals surface area contributed by atoms with Crippen molar-refractivity contribution < 1.29 is 9.53 Å². The van der Waals surface area contributed by atoms with Gasteiger partial charge in [0.05, 0.1) is 6.61 Å². The number of halogens is 2. The molecule has 132 valence electrons. The minimum absolute atomic E-state index is 0.0299. The van der Waals surface area contributed by atoms with Crippen LogP contribution < -0.4 is 5.32 Å². The number of methoxy groups -OCH3 is 1. The maximum Gasteiger partial charge on any atom is 0.251 e. The molecule has 2 aromatic rings. The normalized spacial score (nSPS) is 11.8. The zero-order valence-electron chi connectivity index (χ0n) is 14.3. The molecular weight excluding hydrogens is 357 g/mol. The fourth-order valence-corrected chi connectivity index (χ4v) is 3.14. The minimum atomic E-state index is -0.123. The predicted molar refractivity (Wildman–Crippen MR) is 104 cm³/mol. The van der Waals surface area contributed by atoms with Crippen LogP contribution in [0.1, 0.15) is 29.3 Å². The second kappa shape index (κ2) is 9.04. The molecule has 0 aliphatic rings. The summed E-state index contributed by atoms with van der Waals surface area (Å²) in [6, 6.07) is 10.9. The smallest absolute Gasteiger partial charge is 0.251 e. The molecule has 0 heterocycles. The highest BCUT2D eigenvalue weighted by Gasteiger charge is 2.13. The zero-order valence-corrected chi connectivity index (χ0v) is 15.8. The van der Waals surface area contributed by atoms with Crippen molar-refractivity contribution >= 4 is 29.1 Å². The van der Waals surface area contributed by atoms with E-state index in [1.54, 1.807) is 25.3 Å². The number of nitrogens with one attached hydrogen (secondary N) is 1. The van der Waals surface area contributed by atoms with Crippen molar-refractivity contribution in [1.29, 1.82) is 0 Å². The fraction of sp³-hybridized carbons (Fsp3) is 0.250. The van der Waals surface area contributed by atoms with Crippen molar-refractivity contribution in [3.8, 4) is 11.1 Å². The van der Waals surface area contributed by atoms with Crippen LogP contribution in [0.4, 0.5) is 0 Å². The number of benzene rings is 2. The number of hydrogen-bond donors (Lipinski definition) is 1. The van der Waals surface area contributed by atoms with Crippen LogP contribution >= 0.6 is 23.2 Å². The Labute approximate surface area is 158 Å². The number of amides is 1. The van der Waals surface area contributed by atoms with Crippen molar-refractivity contribution in [3.05, 3.63) is 70.2 Å². The van der Waals surface area contributed by atoms with Gasteiger partial charge in [-0.2, -0.15) is 0 Å². The maximum absolute atomic E-state index is 12.4. The summed E-state index contributed by atoms with van der Waals surface area (Å²) in [6.07, 6.45) is 2.50. The standard InChI is InChI=1S/C20H21Cl2NO2/c1-4-5-13(2)23-20(24)14-6-7-19(16(8-14)12-25-3)15-9-17(21)11-18(22)10-15/h4,6-11,13H,1,5,12H2,2-3H3,(H,23,24). The minimum Gasteiger partial charge on any atom is -0.380 e. The molecule has 0 aromatic heterocycles. The summed E-state index contributed by atoms with van der Waals surface area (Å²) < 4.78 is 5.29. The summed E-state index contributed by atoms with van der Waals surface area (Å²) in [5.74, 6) is -0.123. The Morgan fingerprint density at radius 2 is 1.92 bits per heavy atom. The van der Waals surface area contributed by atoms with Crippen molar-refractivity contribution in [2.24, 2.45) is 0 Å². The monoisotopic (exact) mass is 377 g/mol. The van der Waals surface area contributed by atoms with Crippen LogP contribution in [-0.4, -0.2) is 19.1 Å². The average molecular weight is 378 g/mol. The van der Waals surface area contributed by atoms with E-state index in [4.69, 9.17) is 27.9 Å². The molecule has 0 radical (unpaired) electrons. The van der Waals surface area contributed by atoms with E-state index < -0.39 is 0 Å². The lowest BCUT2D eigenvalue weighted by Crippen LogP contribution is -2.32. The van der Waals surface area contributed by atoms with Crippen molar-refractivity contribution in [2.45, 2.75) is 26.0 Å². The lowest BCUT2D eigenvalue weighted by molar-refractivity contribution is 0.0940. The summed E-state index contributed by atoms with van der Waals surface area (Å²) in [4.78, 5) is 12.4. The first kappa shape index (κ1) is 19.5. The van der Waals surface area contributed by atoms with Gasteiger partial charge in [-0.25, -0.2) is 0 Å². The molecule has 1 amide bonds. The van der Waals surface area contributed by atoms with Gasteiger partial charge >= 0.3 is 0 Å². The SMILES string of the molecule is C=CCC(C)NC(=O)c1ccc(-c2cc(Cl)cc(Cl)c2)c(COC)c1. The van der Waals surface area contributed by atoms with Gasteiger partial charge in [-0.3, -0.25) is 4.79 Å². The van der Waals surface area contributed by atoms with E-state index in [-0.39, 0.29) is 11.9 Å². The van der Waals surface area contributed by atoms with Gasteiger partial charge in [0.1, 0.15) is 0 Å². The number of carbonyl (C=O) groups excluding carboxylic acids is 1. The average Bonchev–Trinajstić information content (AvgIpc) is 2.54. The van der Waals surface area contributed by atoms with Crippen LogP contribution in [-0.2, 0) is 11.3 Å². The second-order valence-corrected chi connectivity index (χ2v) is 6.73. The van der Waals surface area contributed by atoms with Crippen molar-refractivity contribution in [2.75, 3.05) is 7.11 Å². The second-order valence-electron chi connectivity index (χ2n) is 5.86. The third-order valence-electron chi connectivity index (χ3n) is 3.74. The Hall–Kier alpha value is -1.81. The van der Waals surface area contributed by atoms with E-state index in [0.29, 0.717) is 22.2 Å². The number of hydrogen-bond acceptors (Lipinski definition) is 2. The Morgan fingerprint density at radius 3 is 2.52 bits per heavy atom. The van der Waals surface area contributed by atoms with Crippen LogP contribution in [0.5, 0.6) is 0 Å². The highest BCUT2D eigenvalue weighted by atomic mass is 35.5. The number of carbonyl (C=O) groups is 1. The van der Waals surface area contributed by atoms with Gasteiger partial charge in [-0.15, -0.1) is 6.58 Å². The molecule has 25 heavy (non-hydrogen) atoms. The third-order valence-corrected chi connectivity index (χ3v) is 4.17. The van der Waals surface area contributed by atoms with E-state index in [0.717, 1.165) is 23.1 Å². The van der Waals surface area contributed by atoms with Crippen molar-refractivity contribution in [3.63, 3.8) is 0 Å². The molecule has 2 aromatic carbocycles. The highest BCUT2D eigenvalue weighted by Crippen LogP contribution is 2.30. The van der Waals surface area contributed by atoms with E-state index >= 15 is 0 Å². The Balaban J connectivity index is 2.37. The third kappa shape index (κ3) is 5.33. The first-order valence-electron chi connectivity index (χ1n) is 7.94. The van der Waals surface area contributed by atoms with E-state index in [2.05, 4.69) is 11.9 Å². The Kier molecular flexibility index (Phi) is 7.06. The Morgan fingerprint density at radius 1 is 1.24 bits per heavy atom. The number of rotatable bonds is 7. The molecule has 3 nitrogen and oxygen atoms in total. The van der Waals surface area contributed by atoms with Crippen LogP contribution in [0.2, 0.25) is 10.0 Å². The Bertz CT molecular complexity index is 754. The molecule has 1 atom stereocenters. The molecular formula is C20H21Cl2NO2. The topological polar surface area (TPSA) is 38.3 Å². The largest absolute Gasteiger partial charge is 0.380 e. The quantitative estimate of drug-likeness (QED) is 0.646. The highest BCUT2D eigenvalue weighted by molar-refractivity contribution is 6.35. The van der Waals surface area contributed by atoms with Gasteiger partial charge in [-0.1, -0.05) is 35.3 Å². The maximum atomic E-state index is 12.4. The zero-order chi connectivity index (χ0) is 18.4. The van der Waals surface area contributed by atoms with Crippen LogP contribution in [0, 0.1) is 0 Å². The summed E-state index contributed by atoms with van der Waals surface area (Å²) in [6.45, 7) is 6.01.